The Morgan fingerprint density at radius 1 is 1.33 bits per heavy atom. The fourth-order valence-corrected chi connectivity index (χ4v) is 1.35. The Labute approximate surface area is 69.6 Å². The lowest BCUT2D eigenvalue weighted by molar-refractivity contribution is -0.143. The van der Waals surface area contributed by atoms with Gasteiger partial charge in [-0.1, -0.05) is 0 Å². The van der Waals surface area contributed by atoms with Crippen LogP contribution in [0, 0.1) is 5.92 Å². The molecule has 0 bridgehead atoms. The summed E-state index contributed by atoms with van der Waals surface area (Å²) in [6.45, 7) is 0.587. The third-order valence-corrected chi connectivity index (χ3v) is 2.04. The van der Waals surface area contributed by atoms with Crippen LogP contribution >= 0.6 is 0 Å². The maximum Gasteiger partial charge on any atom is 0.407 e. The molecule has 0 aromatic rings. The highest BCUT2D eigenvalue weighted by molar-refractivity contribution is 5.72. The largest absolute Gasteiger partial charge is 0.481 e. The standard InChI is InChI=1S/C7H11NO4/c9-6(10)5-2-1-3-8(4-5)7(11)12/h5H,1-4H2,(H,9,10)(H,11,12)/t5-/m1/s1. The predicted molar refractivity (Wildman–Crippen MR) is 40.0 cm³/mol. The molecule has 0 radical (unpaired) electrons. The van der Waals surface area contributed by atoms with Gasteiger partial charge in [-0.2, -0.15) is 0 Å². The van der Waals surface area contributed by atoms with Crippen LogP contribution in [0.5, 0.6) is 0 Å². The summed E-state index contributed by atoms with van der Waals surface area (Å²) in [6, 6.07) is 0. The number of aliphatic carboxylic acids is 1. The van der Waals surface area contributed by atoms with E-state index in [4.69, 9.17) is 10.2 Å². The van der Waals surface area contributed by atoms with E-state index in [2.05, 4.69) is 0 Å². The Morgan fingerprint density at radius 2 is 2.00 bits per heavy atom. The smallest absolute Gasteiger partial charge is 0.407 e. The maximum atomic E-state index is 10.5. The molecule has 0 spiro atoms. The van der Waals surface area contributed by atoms with Gasteiger partial charge in [-0.15, -0.1) is 0 Å². The van der Waals surface area contributed by atoms with Crippen molar-refractivity contribution in [2.75, 3.05) is 13.1 Å². The van der Waals surface area contributed by atoms with Gasteiger partial charge in [0.2, 0.25) is 0 Å². The highest BCUT2D eigenvalue weighted by Gasteiger charge is 2.27. The fraction of sp³-hybridized carbons (Fsp3) is 0.714. The van der Waals surface area contributed by atoms with Gasteiger partial charge in [-0.05, 0) is 12.8 Å². The van der Waals surface area contributed by atoms with E-state index in [-0.39, 0.29) is 6.54 Å². The van der Waals surface area contributed by atoms with Crippen LogP contribution in [0.4, 0.5) is 4.79 Å². The number of amides is 1. The van der Waals surface area contributed by atoms with Crippen LogP contribution in [0.3, 0.4) is 0 Å². The summed E-state index contributed by atoms with van der Waals surface area (Å²) < 4.78 is 0. The molecule has 1 atom stereocenters. The van der Waals surface area contributed by atoms with Crippen LogP contribution in [0.15, 0.2) is 0 Å². The summed E-state index contributed by atoms with van der Waals surface area (Å²) in [5, 5.41) is 17.2. The Balaban J connectivity index is 2.51. The molecule has 1 aliphatic heterocycles. The molecule has 0 aromatic carbocycles. The van der Waals surface area contributed by atoms with Crippen molar-refractivity contribution in [3.63, 3.8) is 0 Å². The Bertz CT molecular complexity index is 184. The average molecular weight is 173 g/mol. The van der Waals surface area contributed by atoms with Gasteiger partial charge in [0, 0.05) is 13.1 Å². The lowest BCUT2D eigenvalue weighted by atomic mass is 9.99. The molecule has 1 rings (SSSR count). The summed E-state index contributed by atoms with van der Waals surface area (Å²) in [5.74, 6) is -1.42. The Morgan fingerprint density at radius 3 is 2.50 bits per heavy atom. The number of carboxylic acids is 1. The summed E-state index contributed by atoms with van der Waals surface area (Å²) in [5.41, 5.74) is 0. The van der Waals surface area contributed by atoms with E-state index < -0.39 is 18.0 Å². The molecule has 1 heterocycles. The van der Waals surface area contributed by atoms with Crippen molar-refractivity contribution in [2.45, 2.75) is 12.8 Å². The number of rotatable bonds is 1. The molecular formula is C7H11NO4. The molecule has 2 N–H and O–H groups in total. The lowest BCUT2D eigenvalue weighted by Crippen LogP contribution is -2.41. The van der Waals surface area contributed by atoms with Crippen molar-refractivity contribution in [2.24, 2.45) is 5.92 Å². The summed E-state index contributed by atoms with van der Waals surface area (Å²) in [4.78, 5) is 22.1. The molecule has 0 unspecified atom stereocenters. The second kappa shape index (κ2) is 3.42. The second-order valence-electron chi connectivity index (χ2n) is 2.91. The van der Waals surface area contributed by atoms with Gasteiger partial charge in [0.1, 0.15) is 0 Å². The molecule has 1 saturated heterocycles. The number of carboxylic acid groups (broad SMARTS) is 2. The van der Waals surface area contributed by atoms with Crippen molar-refractivity contribution >= 4 is 12.1 Å². The minimum absolute atomic E-state index is 0.130. The van der Waals surface area contributed by atoms with Crippen LogP contribution < -0.4 is 0 Å². The minimum atomic E-state index is -1.03. The van der Waals surface area contributed by atoms with Crippen LogP contribution in [-0.2, 0) is 4.79 Å². The van der Waals surface area contributed by atoms with Gasteiger partial charge in [0.15, 0.2) is 0 Å². The van der Waals surface area contributed by atoms with Gasteiger partial charge in [-0.25, -0.2) is 4.79 Å². The average Bonchev–Trinajstić information content (AvgIpc) is 2.04. The molecule has 1 amide bonds. The molecule has 5 heteroatoms. The molecule has 0 aromatic heterocycles. The normalized spacial score (nSPS) is 23.7. The van der Waals surface area contributed by atoms with E-state index in [9.17, 15) is 9.59 Å². The maximum absolute atomic E-state index is 10.5. The van der Waals surface area contributed by atoms with E-state index in [1.54, 1.807) is 0 Å². The third-order valence-electron chi connectivity index (χ3n) is 2.04. The fourth-order valence-electron chi connectivity index (χ4n) is 1.35. The van der Waals surface area contributed by atoms with Crippen molar-refractivity contribution in [3.05, 3.63) is 0 Å². The first-order chi connectivity index (χ1) is 5.61. The van der Waals surface area contributed by atoms with Crippen molar-refractivity contribution < 1.29 is 19.8 Å². The van der Waals surface area contributed by atoms with Gasteiger partial charge < -0.3 is 15.1 Å². The molecule has 0 saturated carbocycles. The SMILES string of the molecule is O=C(O)[C@@H]1CCCN(C(=O)O)C1. The van der Waals surface area contributed by atoms with E-state index in [0.29, 0.717) is 19.4 Å². The van der Waals surface area contributed by atoms with Crippen LogP contribution in [0.2, 0.25) is 0 Å². The van der Waals surface area contributed by atoms with Crippen molar-refractivity contribution in [1.29, 1.82) is 0 Å². The minimum Gasteiger partial charge on any atom is -0.481 e. The molecule has 68 valence electrons. The highest BCUT2D eigenvalue weighted by atomic mass is 16.4. The number of hydrogen-bond donors (Lipinski definition) is 2. The van der Waals surface area contributed by atoms with Crippen LogP contribution in [-0.4, -0.2) is 40.3 Å². The zero-order valence-corrected chi connectivity index (χ0v) is 6.56. The zero-order chi connectivity index (χ0) is 9.14. The first-order valence-corrected chi connectivity index (χ1v) is 3.82. The van der Waals surface area contributed by atoms with E-state index in [0.717, 1.165) is 4.90 Å². The topological polar surface area (TPSA) is 77.8 Å². The first-order valence-electron chi connectivity index (χ1n) is 3.82. The molecule has 1 fully saturated rings. The number of hydrogen-bond acceptors (Lipinski definition) is 2. The number of carbonyl (C=O) groups is 2. The molecular weight excluding hydrogens is 162 g/mol. The number of nitrogens with zero attached hydrogens (tertiary/aromatic N) is 1. The van der Waals surface area contributed by atoms with Gasteiger partial charge in [0.05, 0.1) is 5.92 Å². The van der Waals surface area contributed by atoms with Gasteiger partial charge in [0.25, 0.3) is 0 Å². The number of piperidine rings is 1. The summed E-state index contributed by atoms with van der Waals surface area (Å²) in [7, 11) is 0. The van der Waals surface area contributed by atoms with E-state index in [1.165, 1.54) is 0 Å². The second-order valence-corrected chi connectivity index (χ2v) is 2.91. The Kier molecular flexibility index (Phi) is 2.52. The highest BCUT2D eigenvalue weighted by Crippen LogP contribution is 2.16. The van der Waals surface area contributed by atoms with E-state index in [1.807, 2.05) is 0 Å². The predicted octanol–water partition coefficient (Wildman–Crippen LogP) is 0.461. The number of likely N-dealkylation sites (tertiary alicyclic amines) is 1. The van der Waals surface area contributed by atoms with Crippen molar-refractivity contribution in [3.8, 4) is 0 Å². The summed E-state index contributed by atoms with van der Waals surface area (Å²) >= 11 is 0. The lowest BCUT2D eigenvalue weighted by Gasteiger charge is -2.27. The monoisotopic (exact) mass is 173 g/mol. The molecule has 5 nitrogen and oxygen atoms in total. The molecule has 0 aliphatic carbocycles. The molecule has 12 heavy (non-hydrogen) atoms. The van der Waals surface area contributed by atoms with Crippen molar-refractivity contribution in [1.82, 2.24) is 4.90 Å². The first kappa shape index (κ1) is 8.83. The van der Waals surface area contributed by atoms with Crippen LogP contribution in [0.25, 0.3) is 0 Å². The molecule has 1 aliphatic rings. The third kappa shape index (κ3) is 1.87. The quantitative estimate of drug-likeness (QED) is 0.603. The zero-order valence-electron chi connectivity index (χ0n) is 6.56. The van der Waals surface area contributed by atoms with E-state index >= 15 is 0 Å². The van der Waals surface area contributed by atoms with Gasteiger partial charge in [-0.3, -0.25) is 4.79 Å². The van der Waals surface area contributed by atoms with Gasteiger partial charge >= 0.3 is 12.1 Å². The summed E-state index contributed by atoms with van der Waals surface area (Å²) in [6.07, 6.45) is 0.198. The Hall–Kier alpha value is -1.26. The van der Waals surface area contributed by atoms with Crippen LogP contribution in [0.1, 0.15) is 12.8 Å².